The predicted molar refractivity (Wildman–Crippen MR) is 114 cm³/mol. The second-order valence-electron chi connectivity index (χ2n) is 7.02. The van der Waals surface area contributed by atoms with Gasteiger partial charge in [0.1, 0.15) is 0 Å². The number of fused-ring (bicyclic) bond motifs is 1. The number of imidazole rings is 1. The maximum absolute atomic E-state index is 12.5. The van der Waals surface area contributed by atoms with Gasteiger partial charge in [-0.2, -0.15) is 0 Å². The minimum absolute atomic E-state index is 0.0451. The maximum Gasteiger partial charge on any atom is 0.332 e. The monoisotopic (exact) mass is 415 g/mol. The van der Waals surface area contributed by atoms with E-state index in [2.05, 4.69) is 17.1 Å². The molecule has 3 rings (SSSR count). The highest BCUT2D eigenvalue weighted by molar-refractivity contribution is 7.98. The molecule has 0 saturated heterocycles. The zero-order valence-corrected chi connectivity index (χ0v) is 17.9. The number of carbonyl (C=O) groups is 1. The van der Waals surface area contributed by atoms with Crippen LogP contribution in [0.2, 0.25) is 0 Å². The number of rotatable bonds is 7. The van der Waals surface area contributed by atoms with E-state index in [-0.39, 0.29) is 11.5 Å². The lowest BCUT2D eigenvalue weighted by atomic mass is 10.2. The van der Waals surface area contributed by atoms with Crippen LogP contribution in [-0.2, 0) is 32.0 Å². The van der Waals surface area contributed by atoms with Crippen LogP contribution in [0.25, 0.3) is 11.2 Å². The summed E-state index contributed by atoms with van der Waals surface area (Å²) >= 11 is 1.69. The Morgan fingerprint density at radius 2 is 1.83 bits per heavy atom. The summed E-state index contributed by atoms with van der Waals surface area (Å²) in [7, 11) is 4.83. The lowest BCUT2D eigenvalue weighted by Crippen LogP contribution is -2.37. The summed E-state index contributed by atoms with van der Waals surface area (Å²) in [6, 6.07) is 8.17. The van der Waals surface area contributed by atoms with Crippen molar-refractivity contribution in [1.82, 2.24) is 23.6 Å². The molecule has 0 fully saturated rings. The first-order valence-electron chi connectivity index (χ1n) is 9.31. The molecule has 3 aromatic rings. The fraction of sp³-hybridized carbons (Fsp3) is 0.400. The molecule has 1 amide bonds. The van der Waals surface area contributed by atoms with Gasteiger partial charge >= 0.3 is 5.69 Å². The summed E-state index contributed by atoms with van der Waals surface area (Å²) in [6.45, 7) is 1.04. The zero-order chi connectivity index (χ0) is 21.1. The quantitative estimate of drug-likeness (QED) is 0.548. The molecule has 0 aliphatic carbocycles. The average molecular weight is 416 g/mol. The molecule has 0 radical (unpaired) electrons. The smallest absolute Gasteiger partial charge is 0.332 e. The van der Waals surface area contributed by atoms with Crippen molar-refractivity contribution in [2.75, 3.05) is 13.3 Å². The first-order valence-corrected chi connectivity index (χ1v) is 10.5. The van der Waals surface area contributed by atoms with E-state index in [4.69, 9.17) is 0 Å². The Balaban J connectivity index is 1.63. The van der Waals surface area contributed by atoms with E-state index < -0.39 is 5.69 Å². The van der Waals surface area contributed by atoms with E-state index in [1.807, 2.05) is 18.4 Å². The molecule has 0 bridgehead atoms. The summed E-state index contributed by atoms with van der Waals surface area (Å²) < 4.78 is 4.14. The highest BCUT2D eigenvalue weighted by Gasteiger charge is 2.15. The molecule has 0 aliphatic heterocycles. The Labute approximate surface area is 172 Å². The van der Waals surface area contributed by atoms with E-state index >= 15 is 0 Å². The number of aryl methyl sites for hydroxylation is 2. The third-order valence-electron chi connectivity index (χ3n) is 5.01. The van der Waals surface area contributed by atoms with Crippen molar-refractivity contribution in [3.05, 3.63) is 57.0 Å². The second-order valence-corrected chi connectivity index (χ2v) is 7.90. The van der Waals surface area contributed by atoms with Gasteiger partial charge in [-0.25, -0.2) is 9.78 Å². The number of carbonyl (C=O) groups excluding carboxylic acids is 1. The van der Waals surface area contributed by atoms with Crippen LogP contribution in [0.5, 0.6) is 0 Å². The first-order chi connectivity index (χ1) is 13.8. The van der Waals surface area contributed by atoms with Crippen LogP contribution in [0.3, 0.4) is 0 Å². The number of hydrogen-bond donors (Lipinski definition) is 0. The molecule has 0 N–H and O–H groups in total. The molecule has 2 heterocycles. The summed E-state index contributed by atoms with van der Waals surface area (Å²) in [6.07, 6.45) is 4.52. The third kappa shape index (κ3) is 4.29. The Morgan fingerprint density at radius 1 is 1.14 bits per heavy atom. The average Bonchev–Trinajstić information content (AvgIpc) is 3.15. The normalized spacial score (nSPS) is 11.2. The molecular weight excluding hydrogens is 390 g/mol. The van der Waals surface area contributed by atoms with Crippen LogP contribution < -0.4 is 11.2 Å². The van der Waals surface area contributed by atoms with Gasteiger partial charge in [-0.1, -0.05) is 12.1 Å². The van der Waals surface area contributed by atoms with Crippen molar-refractivity contribution in [1.29, 1.82) is 0 Å². The Bertz CT molecular complexity index is 1140. The van der Waals surface area contributed by atoms with Crippen LogP contribution in [0.1, 0.15) is 18.4 Å². The molecule has 154 valence electrons. The summed E-state index contributed by atoms with van der Waals surface area (Å²) in [5.41, 5.74) is 1.04. The Morgan fingerprint density at radius 3 is 2.48 bits per heavy atom. The molecular formula is C20H25N5O3S. The van der Waals surface area contributed by atoms with Gasteiger partial charge in [-0.05, 0) is 30.4 Å². The highest BCUT2D eigenvalue weighted by Crippen LogP contribution is 2.16. The fourth-order valence-electron chi connectivity index (χ4n) is 3.25. The predicted octanol–water partition coefficient (Wildman–Crippen LogP) is 1.59. The standard InChI is InChI=1S/C20H25N5O3S/c1-22(12-14-7-9-15(29-4)10-8-14)16(26)6-5-11-25-13-21-18-17(25)19(27)24(3)20(28)23(18)2/h7-10,13H,5-6,11-12H2,1-4H3. The Hall–Kier alpha value is -2.81. The van der Waals surface area contributed by atoms with Crippen molar-refractivity contribution in [2.45, 2.75) is 30.8 Å². The van der Waals surface area contributed by atoms with Gasteiger partial charge in [0.15, 0.2) is 11.2 Å². The molecule has 8 nitrogen and oxygen atoms in total. The van der Waals surface area contributed by atoms with Crippen molar-refractivity contribution in [2.24, 2.45) is 14.1 Å². The van der Waals surface area contributed by atoms with E-state index in [0.29, 0.717) is 37.1 Å². The topological polar surface area (TPSA) is 82.1 Å². The molecule has 0 aliphatic rings. The highest BCUT2D eigenvalue weighted by atomic mass is 32.2. The molecule has 0 spiro atoms. The van der Waals surface area contributed by atoms with Gasteiger partial charge in [0.05, 0.1) is 6.33 Å². The van der Waals surface area contributed by atoms with Gasteiger partial charge < -0.3 is 9.47 Å². The molecule has 2 aromatic heterocycles. The number of nitrogens with zero attached hydrogens (tertiary/aromatic N) is 5. The summed E-state index contributed by atoms with van der Waals surface area (Å²) in [5.74, 6) is 0.0451. The van der Waals surface area contributed by atoms with Crippen molar-refractivity contribution < 1.29 is 4.79 Å². The maximum atomic E-state index is 12.5. The van der Waals surface area contributed by atoms with Crippen LogP contribution >= 0.6 is 11.8 Å². The molecule has 1 aromatic carbocycles. The van der Waals surface area contributed by atoms with Gasteiger partial charge in [-0.3, -0.25) is 18.7 Å². The minimum Gasteiger partial charge on any atom is -0.341 e. The third-order valence-corrected chi connectivity index (χ3v) is 5.75. The number of aromatic nitrogens is 4. The molecule has 9 heteroatoms. The molecule has 0 atom stereocenters. The SMILES string of the molecule is CSc1ccc(CN(C)C(=O)CCCn2cnc3c2c(=O)n(C)c(=O)n3C)cc1. The summed E-state index contributed by atoms with van der Waals surface area (Å²) in [4.78, 5) is 44.0. The lowest BCUT2D eigenvalue weighted by Gasteiger charge is -2.17. The fourth-order valence-corrected chi connectivity index (χ4v) is 3.66. The van der Waals surface area contributed by atoms with Crippen LogP contribution in [0, 0.1) is 0 Å². The number of hydrogen-bond acceptors (Lipinski definition) is 5. The van der Waals surface area contributed by atoms with Gasteiger partial charge in [-0.15, -0.1) is 11.8 Å². The van der Waals surface area contributed by atoms with Gasteiger partial charge in [0.25, 0.3) is 5.56 Å². The zero-order valence-electron chi connectivity index (χ0n) is 17.1. The van der Waals surface area contributed by atoms with E-state index in [1.165, 1.54) is 16.5 Å². The molecule has 29 heavy (non-hydrogen) atoms. The van der Waals surface area contributed by atoms with E-state index in [0.717, 1.165) is 10.1 Å². The summed E-state index contributed by atoms with van der Waals surface area (Å²) in [5, 5.41) is 0. The number of thioether (sulfide) groups is 1. The van der Waals surface area contributed by atoms with Gasteiger partial charge in [0.2, 0.25) is 5.91 Å². The van der Waals surface area contributed by atoms with Crippen molar-refractivity contribution in [3.63, 3.8) is 0 Å². The number of amides is 1. The second kappa shape index (κ2) is 8.69. The van der Waals surface area contributed by atoms with Crippen LogP contribution in [0.4, 0.5) is 0 Å². The molecule has 0 unspecified atom stereocenters. The van der Waals surface area contributed by atoms with E-state index in [9.17, 15) is 14.4 Å². The van der Waals surface area contributed by atoms with Crippen LogP contribution in [0.15, 0.2) is 45.1 Å². The van der Waals surface area contributed by atoms with Crippen molar-refractivity contribution >= 4 is 28.8 Å². The first kappa shape index (κ1) is 20.9. The number of benzene rings is 1. The minimum atomic E-state index is -0.407. The molecule has 0 saturated carbocycles. The van der Waals surface area contributed by atoms with Crippen molar-refractivity contribution in [3.8, 4) is 0 Å². The van der Waals surface area contributed by atoms with Crippen LogP contribution in [-0.4, -0.2) is 42.8 Å². The largest absolute Gasteiger partial charge is 0.341 e. The van der Waals surface area contributed by atoms with Gasteiger partial charge in [0, 0.05) is 45.5 Å². The Kier molecular flexibility index (Phi) is 6.26. The lowest BCUT2D eigenvalue weighted by molar-refractivity contribution is -0.130. The van der Waals surface area contributed by atoms with E-state index in [1.54, 1.807) is 41.7 Å².